The summed E-state index contributed by atoms with van der Waals surface area (Å²) in [6.07, 6.45) is 3.78. The second-order valence-electron chi connectivity index (χ2n) is 3.56. The number of hydrogen-bond acceptors (Lipinski definition) is 3. The molecule has 0 aliphatic heterocycles. The maximum Gasteiger partial charge on any atom is 0.172 e. The SMILES string of the molecule is CNCc1ccccc1Sc1nccn1C. The number of imidazole rings is 1. The van der Waals surface area contributed by atoms with Crippen LogP contribution in [0.1, 0.15) is 5.56 Å². The van der Waals surface area contributed by atoms with Crippen molar-refractivity contribution in [1.29, 1.82) is 0 Å². The molecule has 1 heterocycles. The lowest BCUT2D eigenvalue weighted by Crippen LogP contribution is -2.06. The molecule has 0 spiro atoms. The third-order valence-electron chi connectivity index (χ3n) is 2.32. The first-order valence-electron chi connectivity index (χ1n) is 5.19. The van der Waals surface area contributed by atoms with Gasteiger partial charge in [0.15, 0.2) is 5.16 Å². The average Bonchev–Trinajstić information content (AvgIpc) is 2.68. The topological polar surface area (TPSA) is 29.9 Å². The standard InChI is InChI=1S/C12H15N3S/c1-13-9-10-5-3-4-6-11(10)16-12-14-7-8-15(12)2/h3-8,13H,9H2,1-2H3. The Kier molecular flexibility index (Phi) is 3.64. The Labute approximate surface area is 99.9 Å². The number of rotatable bonds is 4. The molecule has 0 atom stereocenters. The van der Waals surface area contributed by atoms with Gasteiger partial charge in [-0.3, -0.25) is 0 Å². The van der Waals surface area contributed by atoms with Crippen LogP contribution in [0.4, 0.5) is 0 Å². The molecule has 0 unspecified atom stereocenters. The molecule has 1 aromatic heterocycles. The molecule has 0 bridgehead atoms. The maximum atomic E-state index is 4.32. The summed E-state index contributed by atoms with van der Waals surface area (Å²) in [5, 5.41) is 4.20. The molecule has 0 saturated carbocycles. The van der Waals surface area contributed by atoms with Crippen molar-refractivity contribution in [3.05, 3.63) is 42.2 Å². The minimum Gasteiger partial charge on any atom is -0.329 e. The third-order valence-corrected chi connectivity index (χ3v) is 3.51. The molecule has 0 saturated heterocycles. The van der Waals surface area contributed by atoms with E-state index in [0.717, 1.165) is 11.7 Å². The highest BCUT2D eigenvalue weighted by atomic mass is 32.2. The van der Waals surface area contributed by atoms with E-state index in [-0.39, 0.29) is 0 Å². The molecule has 2 aromatic rings. The summed E-state index contributed by atoms with van der Waals surface area (Å²) in [7, 11) is 3.97. The van der Waals surface area contributed by atoms with Crippen LogP contribution in [0, 0.1) is 0 Å². The molecule has 84 valence electrons. The van der Waals surface area contributed by atoms with E-state index in [0.29, 0.717) is 0 Å². The van der Waals surface area contributed by atoms with Crippen LogP contribution in [0.25, 0.3) is 0 Å². The third kappa shape index (κ3) is 2.46. The largest absolute Gasteiger partial charge is 0.329 e. The maximum absolute atomic E-state index is 4.32. The molecule has 16 heavy (non-hydrogen) atoms. The molecule has 0 fully saturated rings. The van der Waals surface area contributed by atoms with Crippen molar-refractivity contribution >= 4 is 11.8 Å². The normalized spacial score (nSPS) is 10.6. The van der Waals surface area contributed by atoms with Crippen molar-refractivity contribution in [2.75, 3.05) is 7.05 Å². The van der Waals surface area contributed by atoms with Gasteiger partial charge in [-0.05, 0) is 18.7 Å². The predicted octanol–water partition coefficient (Wildman–Crippen LogP) is 2.29. The van der Waals surface area contributed by atoms with Crippen LogP contribution in [0.15, 0.2) is 46.7 Å². The number of nitrogens with zero attached hydrogens (tertiary/aromatic N) is 2. The van der Waals surface area contributed by atoms with Gasteiger partial charge in [-0.2, -0.15) is 0 Å². The molecule has 1 aromatic carbocycles. The second-order valence-corrected chi connectivity index (χ2v) is 4.57. The van der Waals surface area contributed by atoms with Crippen molar-refractivity contribution in [2.24, 2.45) is 7.05 Å². The van der Waals surface area contributed by atoms with Gasteiger partial charge in [-0.25, -0.2) is 4.98 Å². The number of nitrogens with one attached hydrogen (secondary N) is 1. The van der Waals surface area contributed by atoms with Crippen LogP contribution in [-0.2, 0) is 13.6 Å². The minimum atomic E-state index is 0.883. The van der Waals surface area contributed by atoms with Gasteiger partial charge in [0.05, 0.1) is 0 Å². The summed E-state index contributed by atoms with van der Waals surface area (Å²) in [6, 6.07) is 8.40. The smallest absolute Gasteiger partial charge is 0.172 e. The Morgan fingerprint density at radius 1 is 1.38 bits per heavy atom. The Morgan fingerprint density at radius 2 is 2.19 bits per heavy atom. The highest BCUT2D eigenvalue weighted by molar-refractivity contribution is 7.99. The van der Waals surface area contributed by atoms with E-state index < -0.39 is 0 Å². The van der Waals surface area contributed by atoms with Gasteiger partial charge in [-0.15, -0.1) is 0 Å². The average molecular weight is 233 g/mol. The number of hydrogen-bond donors (Lipinski definition) is 1. The van der Waals surface area contributed by atoms with Crippen molar-refractivity contribution in [1.82, 2.24) is 14.9 Å². The van der Waals surface area contributed by atoms with E-state index >= 15 is 0 Å². The van der Waals surface area contributed by atoms with Gasteiger partial charge in [0.2, 0.25) is 0 Å². The van der Waals surface area contributed by atoms with Crippen LogP contribution in [0.5, 0.6) is 0 Å². The summed E-state index contributed by atoms with van der Waals surface area (Å²) in [4.78, 5) is 5.57. The molecular formula is C12H15N3S. The number of benzene rings is 1. The van der Waals surface area contributed by atoms with E-state index in [9.17, 15) is 0 Å². The van der Waals surface area contributed by atoms with Crippen molar-refractivity contribution in [3.8, 4) is 0 Å². The lowest BCUT2D eigenvalue weighted by molar-refractivity contribution is 0.784. The van der Waals surface area contributed by atoms with E-state index in [1.54, 1.807) is 11.8 Å². The number of aromatic nitrogens is 2. The highest BCUT2D eigenvalue weighted by Gasteiger charge is 2.06. The van der Waals surface area contributed by atoms with Crippen LogP contribution < -0.4 is 5.32 Å². The second kappa shape index (κ2) is 5.18. The zero-order valence-electron chi connectivity index (χ0n) is 9.47. The zero-order valence-corrected chi connectivity index (χ0v) is 10.3. The lowest BCUT2D eigenvalue weighted by atomic mass is 10.2. The number of aryl methyl sites for hydroxylation is 1. The lowest BCUT2D eigenvalue weighted by Gasteiger charge is -2.08. The van der Waals surface area contributed by atoms with Crippen LogP contribution in [0.3, 0.4) is 0 Å². The van der Waals surface area contributed by atoms with Gasteiger partial charge >= 0.3 is 0 Å². The summed E-state index contributed by atoms with van der Waals surface area (Å²) in [6.45, 7) is 0.883. The first kappa shape index (κ1) is 11.2. The molecule has 0 aliphatic rings. The van der Waals surface area contributed by atoms with E-state index in [2.05, 4.69) is 34.6 Å². The van der Waals surface area contributed by atoms with Crippen LogP contribution in [-0.4, -0.2) is 16.6 Å². The van der Waals surface area contributed by atoms with Gasteiger partial charge < -0.3 is 9.88 Å². The molecular weight excluding hydrogens is 218 g/mol. The molecule has 1 N–H and O–H groups in total. The molecule has 4 heteroatoms. The summed E-state index contributed by atoms with van der Waals surface area (Å²) in [5.74, 6) is 0. The monoisotopic (exact) mass is 233 g/mol. The van der Waals surface area contributed by atoms with E-state index in [1.165, 1.54) is 10.5 Å². The van der Waals surface area contributed by atoms with Gasteiger partial charge in [0.25, 0.3) is 0 Å². The van der Waals surface area contributed by atoms with Gasteiger partial charge in [0, 0.05) is 30.9 Å². The molecule has 3 nitrogen and oxygen atoms in total. The summed E-state index contributed by atoms with van der Waals surface area (Å²) >= 11 is 1.70. The Morgan fingerprint density at radius 3 is 2.88 bits per heavy atom. The summed E-state index contributed by atoms with van der Waals surface area (Å²) < 4.78 is 2.03. The molecule has 0 amide bonds. The van der Waals surface area contributed by atoms with E-state index in [4.69, 9.17) is 0 Å². The minimum absolute atomic E-state index is 0.883. The van der Waals surface area contributed by atoms with Gasteiger partial charge in [0.1, 0.15) is 0 Å². The van der Waals surface area contributed by atoms with E-state index in [1.807, 2.05) is 31.1 Å². The predicted molar refractivity (Wildman–Crippen MR) is 66.5 cm³/mol. The highest BCUT2D eigenvalue weighted by Crippen LogP contribution is 2.28. The van der Waals surface area contributed by atoms with Crippen molar-refractivity contribution in [3.63, 3.8) is 0 Å². The quantitative estimate of drug-likeness (QED) is 0.878. The first-order chi connectivity index (χ1) is 7.81. The summed E-state index contributed by atoms with van der Waals surface area (Å²) in [5.41, 5.74) is 1.30. The Bertz CT molecular complexity index is 465. The Hall–Kier alpha value is -1.26. The molecule has 0 radical (unpaired) electrons. The molecule has 0 aliphatic carbocycles. The first-order valence-corrected chi connectivity index (χ1v) is 6.00. The van der Waals surface area contributed by atoms with Crippen LogP contribution in [0.2, 0.25) is 0 Å². The fourth-order valence-corrected chi connectivity index (χ4v) is 2.42. The fourth-order valence-electron chi connectivity index (χ4n) is 1.49. The zero-order chi connectivity index (χ0) is 11.4. The fraction of sp³-hybridized carbons (Fsp3) is 0.250. The van der Waals surface area contributed by atoms with Crippen molar-refractivity contribution < 1.29 is 0 Å². The van der Waals surface area contributed by atoms with Crippen LogP contribution >= 0.6 is 11.8 Å². The Balaban J connectivity index is 2.24. The van der Waals surface area contributed by atoms with Crippen molar-refractivity contribution in [2.45, 2.75) is 16.6 Å². The molecule has 2 rings (SSSR count). The van der Waals surface area contributed by atoms with Gasteiger partial charge in [-0.1, -0.05) is 30.0 Å².